The largest absolute Gasteiger partial charge is 0.383 e. The summed E-state index contributed by atoms with van der Waals surface area (Å²) in [5, 5.41) is 10.4. The molecule has 0 heterocycles. The van der Waals surface area contributed by atoms with Gasteiger partial charge in [-0.3, -0.25) is 0 Å². The molecule has 0 saturated carbocycles. The van der Waals surface area contributed by atoms with E-state index in [4.69, 9.17) is 0 Å². The summed E-state index contributed by atoms with van der Waals surface area (Å²) in [5.74, 6) is 0. The van der Waals surface area contributed by atoms with Crippen LogP contribution < -0.4 is 0 Å². The third kappa shape index (κ3) is 3.24. The normalized spacial score (nSPS) is 11.7. The minimum atomic E-state index is -0.709. The zero-order valence-corrected chi connectivity index (χ0v) is 12.3. The molecular formula is C17H15BrO. The predicted octanol–water partition coefficient (Wildman–Crippen LogP) is 4.66. The number of benzene rings is 2. The van der Waals surface area contributed by atoms with Gasteiger partial charge in [0.1, 0.15) is 6.10 Å². The highest BCUT2D eigenvalue weighted by molar-refractivity contribution is 9.10. The minimum absolute atomic E-state index is 0.691. The average Bonchev–Trinajstić information content (AvgIpc) is 2.42. The van der Waals surface area contributed by atoms with Gasteiger partial charge in [-0.25, -0.2) is 0 Å². The minimum Gasteiger partial charge on any atom is -0.383 e. The van der Waals surface area contributed by atoms with Crippen LogP contribution in [0.1, 0.15) is 22.8 Å². The molecule has 0 aliphatic heterocycles. The van der Waals surface area contributed by atoms with Gasteiger partial charge in [-0.05, 0) is 30.2 Å². The van der Waals surface area contributed by atoms with Crippen LogP contribution in [0.25, 0.3) is 5.57 Å². The van der Waals surface area contributed by atoms with Gasteiger partial charge in [0.15, 0.2) is 0 Å². The molecule has 0 aliphatic carbocycles. The summed E-state index contributed by atoms with van der Waals surface area (Å²) in [6.45, 7) is 5.71. The Morgan fingerprint density at radius 2 is 1.68 bits per heavy atom. The smallest absolute Gasteiger partial charge is 0.112 e. The highest BCUT2D eigenvalue weighted by atomic mass is 79.9. The van der Waals surface area contributed by atoms with Gasteiger partial charge in [-0.1, -0.05) is 64.5 Å². The molecule has 2 rings (SSSR count). The maximum atomic E-state index is 10.4. The Morgan fingerprint density at radius 1 is 1.11 bits per heavy atom. The molecule has 96 valence electrons. The van der Waals surface area contributed by atoms with Gasteiger partial charge >= 0.3 is 0 Å². The number of aryl methyl sites for hydroxylation is 1. The molecule has 0 aliphatic rings. The van der Waals surface area contributed by atoms with Crippen LogP contribution in [0, 0.1) is 6.92 Å². The Bertz CT molecular complexity index is 605. The Labute approximate surface area is 122 Å². The van der Waals surface area contributed by atoms with Crippen LogP contribution in [-0.4, -0.2) is 5.11 Å². The third-order valence-electron chi connectivity index (χ3n) is 3.01. The maximum Gasteiger partial charge on any atom is 0.112 e. The molecular weight excluding hydrogens is 300 g/mol. The van der Waals surface area contributed by atoms with Gasteiger partial charge in [0.25, 0.3) is 0 Å². The number of halogens is 1. The zero-order chi connectivity index (χ0) is 13.8. The SMILES string of the molecule is C=C=C(c1ccc(Br)cc1)C(O)c1ccc(C)cc1. The molecule has 2 aromatic carbocycles. The first-order chi connectivity index (χ1) is 9.11. The van der Waals surface area contributed by atoms with Crippen molar-refractivity contribution < 1.29 is 5.11 Å². The summed E-state index contributed by atoms with van der Waals surface area (Å²) in [4.78, 5) is 0. The molecule has 0 saturated heterocycles. The number of hydrogen-bond acceptors (Lipinski definition) is 1. The van der Waals surface area contributed by atoms with Gasteiger partial charge in [-0.2, -0.15) is 0 Å². The lowest BCUT2D eigenvalue weighted by atomic mass is 9.95. The average molecular weight is 315 g/mol. The highest BCUT2D eigenvalue weighted by Gasteiger charge is 2.14. The molecule has 0 amide bonds. The second-order valence-electron chi connectivity index (χ2n) is 4.41. The number of hydrogen-bond donors (Lipinski definition) is 1. The highest BCUT2D eigenvalue weighted by Crippen LogP contribution is 2.29. The summed E-state index contributed by atoms with van der Waals surface area (Å²) in [6.07, 6.45) is -0.709. The van der Waals surface area contributed by atoms with Crippen molar-refractivity contribution in [3.8, 4) is 0 Å². The molecule has 19 heavy (non-hydrogen) atoms. The van der Waals surface area contributed by atoms with E-state index >= 15 is 0 Å². The molecule has 0 fully saturated rings. The van der Waals surface area contributed by atoms with Crippen molar-refractivity contribution >= 4 is 21.5 Å². The Balaban J connectivity index is 2.35. The van der Waals surface area contributed by atoms with Crippen LogP contribution in [0.3, 0.4) is 0 Å². The monoisotopic (exact) mass is 314 g/mol. The van der Waals surface area contributed by atoms with Gasteiger partial charge in [0, 0.05) is 10.0 Å². The van der Waals surface area contributed by atoms with Gasteiger partial charge in [0.05, 0.1) is 0 Å². The summed E-state index contributed by atoms with van der Waals surface area (Å²) in [5.41, 5.74) is 6.48. The van der Waals surface area contributed by atoms with Crippen molar-refractivity contribution in [2.24, 2.45) is 0 Å². The van der Waals surface area contributed by atoms with E-state index in [0.29, 0.717) is 5.57 Å². The van der Waals surface area contributed by atoms with E-state index in [1.807, 2.05) is 55.5 Å². The van der Waals surface area contributed by atoms with Crippen LogP contribution in [0.5, 0.6) is 0 Å². The summed E-state index contributed by atoms with van der Waals surface area (Å²) in [7, 11) is 0. The van der Waals surface area contributed by atoms with Crippen molar-refractivity contribution in [2.75, 3.05) is 0 Å². The Kier molecular flexibility index (Phi) is 4.39. The summed E-state index contributed by atoms with van der Waals surface area (Å²) >= 11 is 3.40. The van der Waals surface area contributed by atoms with Crippen LogP contribution >= 0.6 is 15.9 Å². The third-order valence-corrected chi connectivity index (χ3v) is 3.54. The lowest BCUT2D eigenvalue weighted by molar-refractivity contribution is 0.238. The first kappa shape index (κ1) is 13.8. The predicted molar refractivity (Wildman–Crippen MR) is 82.8 cm³/mol. The molecule has 2 heteroatoms. The molecule has 1 atom stereocenters. The molecule has 2 aromatic rings. The lowest BCUT2D eigenvalue weighted by Crippen LogP contribution is -2.00. The first-order valence-corrected chi connectivity index (χ1v) is 6.81. The van der Waals surface area contributed by atoms with Crippen LogP contribution in [0.4, 0.5) is 0 Å². The number of rotatable bonds is 3. The van der Waals surface area contributed by atoms with E-state index in [9.17, 15) is 5.11 Å². The standard InChI is InChI=1S/C17H15BrO/c1-3-16(13-8-10-15(18)11-9-13)17(19)14-6-4-12(2)5-7-14/h4-11,17,19H,1H2,2H3. The fourth-order valence-electron chi connectivity index (χ4n) is 1.90. The van der Waals surface area contributed by atoms with Gasteiger partial charge in [0.2, 0.25) is 0 Å². The molecule has 0 spiro atoms. The van der Waals surface area contributed by atoms with E-state index < -0.39 is 6.10 Å². The first-order valence-electron chi connectivity index (χ1n) is 6.02. The van der Waals surface area contributed by atoms with E-state index in [2.05, 4.69) is 28.2 Å². The second kappa shape index (κ2) is 6.03. The van der Waals surface area contributed by atoms with E-state index in [-0.39, 0.29) is 0 Å². The van der Waals surface area contributed by atoms with Crippen molar-refractivity contribution in [2.45, 2.75) is 13.0 Å². The molecule has 1 unspecified atom stereocenters. The zero-order valence-electron chi connectivity index (χ0n) is 10.7. The van der Waals surface area contributed by atoms with Crippen LogP contribution in [0.15, 0.2) is 65.3 Å². The molecule has 1 nitrogen and oxygen atoms in total. The number of aliphatic hydroxyl groups is 1. The quantitative estimate of drug-likeness (QED) is 0.817. The fraction of sp³-hybridized carbons (Fsp3) is 0.118. The van der Waals surface area contributed by atoms with Crippen molar-refractivity contribution in [3.05, 3.63) is 82.0 Å². The van der Waals surface area contributed by atoms with Crippen molar-refractivity contribution in [1.82, 2.24) is 0 Å². The summed E-state index contributed by atoms with van der Waals surface area (Å²) < 4.78 is 1.00. The Hall–Kier alpha value is -1.60. The Morgan fingerprint density at radius 3 is 2.21 bits per heavy atom. The molecule has 0 radical (unpaired) electrons. The summed E-state index contributed by atoms with van der Waals surface area (Å²) in [6, 6.07) is 15.6. The van der Waals surface area contributed by atoms with Crippen molar-refractivity contribution in [3.63, 3.8) is 0 Å². The van der Waals surface area contributed by atoms with E-state index in [1.54, 1.807) is 0 Å². The molecule has 0 bridgehead atoms. The lowest BCUT2D eigenvalue weighted by Gasteiger charge is -2.14. The van der Waals surface area contributed by atoms with Gasteiger partial charge in [-0.15, -0.1) is 5.73 Å². The molecule has 0 aromatic heterocycles. The van der Waals surface area contributed by atoms with E-state index in [0.717, 1.165) is 15.6 Å². The van der Waals surface area contributed by atoms with Crippen LogP contribution in [-0.2, 0) is 0 Å². The second-order valence-corrected chi connectivity index (χ2v) is 5.33. The molecule has 1 N–H and O–H groups in total. The van der Waals surface area contributed by atoms with Crippen molar-refractivity contribution in [1.29, 1.82) is 0 Å². The maximum absolute atomic E-state index is 10.4. The number of aliphatic hydroxyl groups excluding tert-OH is 1. The van der Waals surface area contributed by atoms with Crippen LogP contribution in [0.2, 0.25) is 0 Å². The fourth-order valence-corrected chi connectivity index (χ4v) is 2.17. The van der Waals surface area contributed by atoms with E-state index in [1.165, 1.54) is 5.56 Å². The topological polar surface area (TPSA) is 20.2 Å². The van der Waals surface area contributed by atoms with Gasteiger partial charge < -0.3 is 5.11 Å².